The summed E-state index contributed by atoms with van der Waals surface area (Å²) in [4.78, 5) is 75.1. The van der Waals surface area contributed by atoms with Crippen molar-refractivity contribution in [3.63, 3.8) is 0 Å². The highest BCUT2D eigenvalue weighted by molar-refractivity contribution is 7.59. The number of benzene rings is 2. The lowest BCUT2D eigenvalue weighted by Gasteiger charge is -2.34. The molecule has 17 nitrogen and oxygen atoms in total. The van der Waals surface area contributed by atoms with E-state index in [-0.39, 0.29) is 89.7 Å². The summed E-state index contributed by atoms with van der Waals surface area (Å²) in [6.45, 7) is 5.87. The number of aryl methyl sites for hydroxylation is 2. The average molecular weight is 1120 g/mol. The molecule has 23 heteroatoms. The molecular weight excluding hydrogens is 1060 g/mol. The van der Waals surface area contributed by atoms with Gasteiger partial charge >= 0.3 is 12.2 Å². The van der Waals surface area contributed by atoms with Gasteiger partial charge in [0.1, 0.15) is 35.3 Å². The summed E-state index contributed by atoms with van der Waals surface area (Å²) >= 11 is 1.75. The molecule has 1 unspecified atom stereocenters. The molecule has 0 bridgehead atoms. The second-order valence-electron chi connectivity index (χ2n) is 19.6. The van der Waals surface area contributed by atoms with Crippen molar-refractivity contribution in [2.24, 2.45) is 11.8 Å². The Morgan fingerprint density at radius 1 is 0.773 bits per heavy atom. The van der Waals surface area contributed by atoms with Gasteiger partial charge in [-0.3, -0.25) is 14.2 Å². The number of rotatable bonds is 11. The number of aromatic nitrogens is 5. The van der Waals surface area contributed by atoms with Gasteiger partial charge in [-0.05, 0) is 112 Å². The molecule has 2 aromatic carbocycles. The Morgan fingerprint density at radius 2 is 1.41 bits per heavy atom. The largest absolute Gasteiger partial charge is 0.464 e. The Labute approximate surface area is 466 Å². The number of likely N-dealkylation sites (tertiary alicyclic amines) is 2. The van der Waals surface area contributed by atoms with Crippen LogP contribution in [0.5, 0.6) is 5.75 Å². The maximum absolute atomic E-state index is 17.0. The number of thiophene rings is 1. The zero-order valence-electron chi connectivity index (χ0n) is 42.2. The molecule has 5 atom stereocenters. The van der Waals surface area contributed by atoms with Crippen molar-refractivity contribution in [3.05, 3.63) is 87.6 Å². The van der Waals surface area contributed by atoms with Gasteiger partial charge in [-0.2, -0.15) is 54.0 Å². The van der Waals surface area contributed by atoms with E-state index in [1.54, 1.807) is 28.6 Å². The molecule has 0 radical (unpaired) electrons. The first-order valence-electron chi connectivity index (χ1n) is 24.7. The lowest BCUT2D eigenvalue weighted by atomic mass is 9.90. The highest BCUT2D eigenvalue weighted by atomic mass is 32.1. The summed E-state index contributed by atoms with van der Waals surface area (Å²) in [5, 5.41) is 6.41. The van der Waals surface area contributed by atoms with E-state index in [0.29, 0.717) is 85.5 Å². The number of alkyl carbamates (subject to hydrolysis) is 2. The highest BCUT2D eigenvalue weighted by Crippen LogP contribution is 2.49. The SMILES string of the molecule is COC(=O)N[C@H](C(=O)N1CCC[C@H]1c1ncc(-c2cc(F)c3c(c2)OC(c2cc4c(s2)CCC4)n2c-3cc3cc(-c4cnc([C@@H]5CCCN5C(=O)[C@@H](NC(=O)OC)C5CCOCC5)[nH]4)ccc32)[nH]1)C(C)C.S.S.S.S. The summed E-state index contributed by atoms with van der Waals surface area (Å²) < 4.78 is 41.3. The van der Waals surface area contributed by atoms with Gasteiger partial charge in [0.05, 0.1) is 71.7 Å². The monoisotopic (exact) mass is 1120 g/mol. The second kappa shape index (κ2) is 23.9. The molecule has 5 aliphatic rings. The van der Waals surface area contributed by atoms with Gasteiger partial charge in [-0.15, -0.1) is 11.3 Å². The van der Waals surface area contributed by atoms with Gasteiger partial charge in [0.2, 0.25) is 18.0 Å². The Kier molecular flexibility index (Phi) is 18.3. The first-order valence-corrected chi connectivity index (χ1v) is 25.5. The normalized spacial score (nSPS) is 19.5. The zero-order chi connectivity index (χ0) is 49.1. The lowest BCUT2D eigenvalue weighted by Crippen LogP contribution is -2.53. The van der Waals surface area contributed by atoms with E-state index in [1.165, 1.54) is 30.7 Å². The zero-order valence-corrected chi connectivity index (χ0v) is 47.0. The molecule has 4 aliphatic heterocycles. The Hall–Kier alpha value is -5.33. The summed E-state index contributed by atoms with van der Waals surface area (Å²) in [6, 6.07) is 11.6. The van der Waals surface area contributed by atoms with Crippen LogP contribution in [0.25, 0.3) is 44.7 Å². The van der Waals surface area contributed by atoms with E-state index in [4.69, 9.17) is 28.9 Å². The number of nitrogens with zero attached hydrogens (tertiary/aromatic N) is 5. The number of imidazole rings is 2. The fourth-order valence-corrected chi connectivity index (χ4v) is 12.6. The smallest absolute Gasteiger partial charge is 0.407 e. The Morgan fingerprint density at radius 3 is 2.05 bits per heavy atom. The van der Waals surface area contributed by atoms with Crippen molar-refractivity contribution >= 4 is 100 Å². The fraction of sp³-hybridized carbons (Fsp3) is 0.462. The molecule has 4 N–H and O–H groups in total. The minimum atomic E-state index is -0.769. The van der Waals surface area contributed by atoms with Gasteiger partial charge in [0.25, 0.3) is 0 Å². The molecular formula is C52H66FN9O8S5. The van der Waals surface area contributed by atoms with Crippen molar-refractivity contribution in [2.45, 2.75) is 102 Å². The maximum Gasteiger partial charge on any atom is 0.407 e. The number of amides is 4. The number of H-pyrrole nitrogens is 2. The number of fused-ring (bicyclic) bond motifs is 6. The Balaban J connectivity index is 0.00000205. The first-order chi connectivity index (χ1) is 34.5. The number of ether oxygens (including phenoxy) is 4. The van der Waals surface area contributed by atoms with E-state index in [0.717, 1.165) is 65.6 Å². The number of halogens is 1. The maximum atomic E-state index is 17.0. The summed E-state index contributed by atoms with van der Waals surface area (Å²) in [5.74, 6) is 0.600. The van der Waals surface area contributed by atoms with Gasteiger partial charge < -0.3 is 49.3 Å². The van der Waals surface area contributed by atoms with E-state index in [9.17, 15) is 19.2 Å². The lowest BCUT2D eigenvalue weighted by molar-refractivity contribution is -0.137. The van der Waals surface area contributed by atoms with Crippen molar-refractivity contribution < 1.29 is 42.5 Å². The third-order valence-corrected chi connectivity index (χ3v) is 16.3. The molecule has 11 rings (SSSR count). The van der Waals surface area contributed by atoms with E-state index in [2.05, 4.69) is 37.3 Å². The number of carbonyl (C=O) groups excluding carboxylic acids is 4. The topological polar surface area (TPSA) is 198 Å². The third kappa shape index (κ3) is 10.9. The molecule has 1 aliphatic carbocycles. The molecule has 0 spiro atoms. The van der Waals surface area contributed by atoms with Crippen molar-refractivity contribution in [1.82, 2.24) is 44.9 Å². The second-order valence-corrected chi connectivity index (χ2v) is 20.8. The molecule has 404 valence electrons. The van der Waals surface area contributed by atoms with Crippen LogP contribution in [0.3, 0.4) is 0 Å². The number of nitrogens with one attached hydrogen (secondary N) is 4. The quantitative estimate of drug-likeness (QED) is 0.0971. The van der Waals surface area contributed by atoms with Gasteiger partial charge in [-0.25, -0.2) is 23.9 Å². The number of aromatic amines is 2. The minimum absolute atomic E-state index is 0. The van der Waals surface area contributed by atoms with Gasteiger partial charge in [0.15, 0.2) is 0 Å². The van der Waals surface area contributed by atoms with Crippen LogP contribution < -0.4 is 15.4 Å². The summed E-state index contributed by atoms with van der Waals surface area (Å²) in [6.07, 6.45) is 9.05. The molecule has 0 saturated carbocycles. The number of hydrogen-bond donors (Lipinski definition) is 4. The first kappa shape index (κ1) is 57.4. The summed E-state index contributed by atoms with van der Waals surface area (Å²) in [7, 11) is 2.57. The van der Waals surface area contributed by atoms with Crippen LogP contribution >= 0.6 is 65.3 Å². The van der Waals surface area contributed by atoms with Crippen LogP contribution in [0.1, 0.15) is 104 Å². The average Bonchev–Trinajstić information content (AvgIpc) is 4.24. The van der Waals surface area contributed by atoms with Crippen LogP contribution in [-0.4, -0.2) is 111 Å². The molecule has 3 fully saturated rings. The van der Waals surface area contributed by atoms with Crippen LogP contribution in [0.2, 0.25) is 0 Å². The highest BCUT2D eigenvalue weighted by Gasteiger charge is 2.41. The molecule has 4 amide bonds. The van der Waals surface area contributed by atoms with Gasteiger partial charge in [-0.1, -0.05) is 19.9 Å². The fourth-order valence-electron chi connectivity index (χ4n) is 11.4. The van der Waals surface area contributed by atoms with Crippen molar-refractivity contribution in [3.8, 4) is 39.5 Å². The predicted molar refractivity (Wildman–Crippen MR) is 304 cm³/mol. The molecule has 75 heavy (non-hydrogen) atoms. The van der Waals surface area contributed by atoms with Gasteiger partial charge in [0, 0.05) is 47.7 Å². The minimum Gasteiger partial charge on any atom is -0.464 e. The third-order valence-electron chi connectivity index (χ3n) is 15.0. The van der Waals surface area contributed by atoms with Crippen molar-refractivity contribution in [1.29, 1.82) is 0 Å². The molecule has 8 heterocycles. The molecule has 4 aromatic heterocycles. The number of methoxy groups -OCH3 is 2. The van der Waals surface area contributed by atoms with E-state index < -0.39 is 36.3 Å². The molecule has 3 saturated heterocycles. The van der Waals surface area contributed by atoms with E-state index >= 15 is 4.39 Å². The van der Waals surface area contributed by atoms with E-state index in [1.807, 2.05) is 43.0 Å². The Bertz CT molecular complexity index is 3020. The van der Waals surface area contributed by atoms with Crippen LogP contribution in [0.15, 0.2) is 54.9 Å². The van der Waals surface area contributed by atoms with Crippen LogP contribution in [-0.2, 0) is 36.6 Å². The standard InChI is InChI=1S/C52H58FN9O8S.4H2S/c1-27(2)44(58-51(65)67-3)48(63)60-16-6-9-37(60)47-55-26-35(57-47)31-21-33(53)43-39-22-32-20-29(12-13-36(32)62(39)50(70-40(43)23-31)42-24-30-8-5-11-41(30)71-42)34-25-54-46(56-34)38-10-7-17-61(38)49(64)45(59-52(66)68-4)28-14-18-69-19-15-28;;;;/h12-13,20-28,37-38,44-45,50H,5-11,14-19H2,1-4H3,(H,54,56)(H,55,57)(H,58,65)(H,59,66);4*1H2/t37-,38-,44-,45-,50?;;;;/m0..../s1. The number of hydrogen-bond acceptors (Lipinski definition) is 11. The van der Waals surface area contributed by atoms with Crippen molar-refractivity contribution in [2.75, 3.05) is 40.5 Å². The summed E-state index contributed by atoms with van der Waals surface area (Å²) in [5.41, 5.74) is 6.06. The molecule has 6 aromatic rings. The van der Waals surface area contributed by atoms with Crippen LogP contribution in [0, 0.1) is 17.7 Å². The van der Waals surface area contributed by atoms with Crippen LogP contribution in [0.4, 0.5) is 14.0 Å². The number of carbonyl (C=O) groups is 4. The predicted octanol–water partition coefficient (Wildman–Crippen LogP) is 9.03.